The van der Waals surface area contributed by atoms with Gasteiger partial charge in [0.25, 0.3) is 0 Å². The number of pyridine rings is 1. The second kappa shape index (κ2) is 7.96. The van der Waals surface area contributed by atoms with Crippen LogP contribution in [-0.2, 0) is 23.5 Å². The number of ketones is 1. The Balaban J connectivity index is 1.45. The number of ether oxygens (including phenoxy) is 1. The van der Waals surface area contributed by atoms with Gasteiger partial charge in [-0.15, -0.1) is 0 Å². The van der Waals surface area contributed by atoms with Crippen LogP contribution in [0.1, 0.15) is 52.9 Å². The van der Waals surface area contributed by atoms with E-state index in [1.165, 1.54) is 6.42 Å². The molecule has 2 N–H and O–H groups in total. The number of aromatic nitrogens is 2. The van der Waals surface area contributed by atoms with E-state index in [0.717, 1.165) is 67.5 Å². The maximum Gasteiger partial charge on any atom is 0.213 e. The van der Waals surface area contributed by atoms with Crippen molar-refractivity contribution in [1.29, 1.82) is 0 Å². The summed E-state index contributed by atoms with van der Waals surface area (Å²) in [4.78, 5) is 18.6. The van der Waals surface area contributed by atoms with Gasteiger partial charge in [-0.25, -0.2) is 0 Å². The lowest BCUT2D eigenvalue weighted by molar-refractivity contribution is -0.0593. The molecule has 1 atom stereocenters. The number of nitrogens with zero attached hydrogens (tertiary/aromatic N) is 2. The molecule has 7 heteroatoms. The highest BCUT2D eigenvalue weighted by molar-refractivity contribution is 6.31. The molecule has 1 spiro atoms. The van der Waals surface area contributed by atoms with Crippen LogP contribution in [0.4, 0.5) is 0 Å². The van der Waals surface area contributed by atoms with Crippen LogP contribution < -0.4 is 10.6 Å². The Morgan fingerprint density at radius 3 is 2.94 bits per heavy atom. The number of benzene rings is 1. The van der Waals surface area contributed by atoms with Crippen molar-refractivity contribution >= 4 is 28.3 Å². The first-order chi connectivity index (χ1) is 15.6. The molecule has 166 valence electrons. The van der Waals surface area contributed by atoms with E-state index >= 15 is 0 Å². The molecule has 0 saturated carbocycles. The van der Waals surface area contributed by atoms with Gasteiger partial charge in [0.2, 0.25) is 5.78 Å². The molecule has 32 heavy (non-hydrogen) atoms. The number of nitrogens with one attached hydrogen (secondary N) is 2. The topological polar surface area (TPSA) is 68.2 Å². The third-order valence-corrected chi connectivity index (χ3v) is 7.53. The minimum Gasteiger partial charge on any atom is -0.365 e. The second-order valence-electron chi connectivity index (χ2n) is 9.21. The average Bonchev–Trinajstić information content (AvgIpc) is 3.54. The summed E-state index contributed by atoms with van der Waals surface area (Å²) in [7, 11) is 0. The zero-order chi connectivity index (χ0) is 21.7. The SMILES string of the molecule is O=C(c1nccc2c1C1(CCNCC1)OC2)c1cn(C[C@@H]2CCCN2)c2cc(Cl)ccc12. The van der Waals surface area contributed by atoms with Crippen LogP contribution in [0.3, 0.4) is 0 Å². The Morgan fingerprint density at radius 2 is 2.12 bits per heavy atom. The van der Waals surface area contributed by atoms with Gasteiger partial charge >= 0.3 is 0 Å². The third kappa shape index (κ3) is 3.28. The molecule has 2 saturated heterocycles. The van der Waals surface area contributed by atoms with Crippen LogP contribution in [0.5, 0.6) is 0 Å². The molecule has 0 aliphatic carbocycles. The molecular weight excluding hydrogens is 424 g/mol. The van der Waals surface area contributed by atoms with Crippen LogP contribution in [0.25, 0.3) is 10.9 Å². The number of carbonyl (C=O) groups is 1. The number of hydrogen-bond acceptors (Lipinski definition) is 5. The largest absolute Gasteiger partial charge is 0.365 e. The molecule has 0 unspecified atom stereocenters. The third-order valence-electron chi connectivity index (χ3n) is 7.29. The van der Waals surface area contributed by atoms with Crippen LogP contribution in [0, 0.1) is 0 Å². The molecule has 6 nitrogen and oxygen atoms in total. The minimum atomic E-state index is -0.407. The van der Waals surface area contributed by atoms with Gasteiger partial charge in [0.05, 0.1) is 17.7 Å². The Bertz CT molecular complexity index is 1190. The summed E-state index contributed by atoms with van der Waals surface area (Å²) >= 11 is 6.34. The Hall–Kier alpha value is -2.25. The first-order valence-corrected chi connectivity index (χ1v) is 11.9. The predicted octanol–water partition coefficient (Wildman–Crippen LogP) is 3.78. The van der Waals surface area contributed by atoms with E-state index in [4.69, 9.17) is 16.3 Å². The van der Waals surface area contributed by atoms with E-state index < -0.39 is 5.60 Å². The second-order valence-corrected chi connectivity index (χ2v) is 9.64. The van der Waals surface area contributed by atoms with E-state index in [0.29, 0.717) is 28.9 Å². The van der Waals surface area contributed by atoms with Crippen molar-refractivity contribution in [3.8, 4) is 0 Å². The van der Waals surface area contributed by atoms with Crippen molar-refractivity contribution in [3.63, 3.8) is 0 Å². The first kappa shape index (κ1) is 20.4. The lowest BCUT2D eigenvalue weighted by Gasteiger charge is -2.34. The Kier molecular flexibility index (Phi) is 5.06. The van der Waals surface area contributed by atoms with Crippen molar-refractivity contribution in [2.24, 2.45) is 0 Å². The van der Waals surface area contributed by atoms with Gasteiger partial charge in [-0.2, -0.15) is 0 Å². The molecule has 5 heterocycles. The summed E-state index contributed by atoms with van der Waals surface area (Å²) in [6.45, 7) is 4.18. The monoisotopic (exact) mass is 450 g/mol. The number of fused-ring (bicyclic) bond motifs is 3. The van der Waals surface area contributed by atoms with Crippen LogP contribution in [0.15, 0.2) is 36.7 Å². The van der Waals surface area contributed by atoms with Crippen molar-refractivity contribution in [2.75, 3.05) is 19.6 Å². The lowest BCUT2D eigenvalue weighted by atomic mass is 9.82. The fourth-order valence-electron chi connectivity index (χ4n) is 5.69. The number of rotatable bonds is 4. The molecule has 3 aliphatic heterocycles. The normalized spacial score (nSPS) is 22.0. The summed E-state index contributed by atoms with van der Waals surface area (Å²) < 4.78 is 8.49. The minimum absolute atomic E-state index is 0.0317. The van der Waals surface area contributed by atoms with Crippen molar-refractivity contribution in [2.45, 2.75) is 50.5 Å². The summed E-state index contributed by atoms with van der Waals surface area (Å²) in [5, 5.41) is 8.56. The average molecular weight is 451 g/mol. The standard InChI is InChI=1S/C25H27ClN4O2/c26-17-3-4-19-20(14-30(21(19)12-17)13-18-2-1-8-28-18)24(31)23-22-16(5-9-29-23)15-32-25(22)6-10-27-11-7-25/h3-5,9,12,14,18,27-28H,1-2,6-8,10-11,13,15H2/t18-/m0/s1. The van der Waals surface area contributed by atoms with Crippen molar-refractivity contribution in [1.82, 2.24) is 20.2 Å². The number of hydrogen-bond donors (Lipinski definition) is 2. The highest BCUT2D eigenvalue weighted by Gasteiger charge is 2.44. The van der Waals surface area contributed by atoms with Crippen LogP contribution >= 0.6 is 11.6 Å². The van der Waals surface area contributed by atoms with Gasteiger partial charge in [0.15, 0.2) is 0 Å². The fourth-order valence-corrected chi connectivity index (χ4v) is 5.86. The molecular formula is C25H27ClN4O2. The van der Waals surface area contributed by atoms with Crippen LogP contribution in [-0.4, -0.2) is 41.0 Å². The molecule has 2 fully saturated rings. The summed E-state index contributed by atoms with van der Waals surface area (Å²) in [5.41, 5.74) is 3.90. The molecule has 1 aromatic carbocycles. The van der Waals surface area contributed by atoms with Crippen molar-refractivity contribution < 1.29 is 9.53 Å². The van der Waals surface area contributed by atoms with Gasteiger partial charge in [-0.3, -0.25) is 9.78 Å². The maximum absolute atomic E-state index is 14.0. The molecule has 0 bridgehead atoms. The van der Waals surface area contributed by atoms with Crippen LogP contribution in [0.2, 0.25) is 5.02 Å². The van der Waals surface area contributed by atoms with Gasteiger partial charge in [-0.05, 0) is 69.1 Å². The fraction of sp³-hybridized carbons (Fsp3) is 0.440. The highest BCUT2D eigenvalue weighted by atomic mass is 35.5. The summed E-state index contributed by atoms with van der Waals surface area (Å²) in [6.07, 6.45) is 7.79. The number of piperidine rings is 1. The highest BCUT2D eigenvalue weighted by Crippen LogP contribution is 2.44. The van der Waals surface area contributed by atoms with E-state index in [1.807, 2.05) is 30.5 Å². The lowest BCUT2D eigenvalue weighted by Crippen LogP contribution is -2.40. The van der Waals surface area contributed by atoms with Gasteiger partial charge < -0.3 is 19.9 Å². The molecule has 0 amide bonds. The Morgan fingerprint density at radius 1 is 1.25 bits per heavy atom. The molecule has 0 radical (unpaired) electrons. The zero-order valence-electron chi connectivity index (χ0n) is 18.0. The predicted molar refractivity (Wildman–Crippen MR) is 124 cm³/mol. The maximum atomic E-state index is 14.0. The molecule has 3 aromatic rings. The number of halogens is 1. The summed E-state index contributed by atoms with van der Waals surface area (Å²) in [5.74, 6) is -0.0317. The van der Waals surface area contributed by atoms with Gasteiger partial charge in [0.1, 0.15) is 5.69 Å². The smallest absolute Gasteiger partial charge is 0.213 e. The molecule has 2 aromatic heterocycles. The van der Waals surface area contributed by atoms with E-state index in [9.17, 15) is 4.79 Å². The van der Waals surface area contributed by atoms with Crippen molar-refractivity contribution in [3.05, 3.63) is 64.1 Å². The zero-order valence-corrected chi connectivity index (χ0v) is 18.8. The molecule has 3 aliphatic rings. The quantitative estimate of drug-likeness (QED) is 0.592. The number of carbonyl (C=O) groups excluding carboxylic acids is 1. The Labute approximate surface area is 192 Å². The molecule has 6 rings (SSSR count). The van der Waals surface area contributed by atoms with Gasteiger partial charge in [-0.1, -0.05) is 17.7 Å². The van der Waals surface area contributed by atoms with E-state index in [1.54, 1.807) is 6.20 Å². The summed E-state index contributed by atoms with van der Waals surface area (Å²) in [6, 6.07) is 8.20. The van der Waals surface area contributed by atoms with Gasteiger partial charge in [0, 0.05) is 46.5 Å². The van der Waals surface area contributed by atoms with E-state index in [-0.39, 0.29) is 5.78 Å². The van der Waals surface area contributed by atoms with E-state index in [2.05, 4.69) is 20.2 Å². The first-order valence-electron chi connectivity index (χ1n) is 11.5.